The number of aromatic carboxylic acids is 1. The highest BCUT2D eigenvalue weighted by molar-refractivity contribution is 7.90. The Hall–Kier alpha value is -2.16. The van der Waals surface area contributed by atoms with Crippen molar-refractivity contribution in [2.75, 3.05) is 6.26 Å². The lowest BCUT2D eigenvalue weighted by Gasteiger charge is -1.91. The lowest BCUT2D eigenvalue weighted by molar-refractivity contribution is 0.0690. The number of sulfone groups is 1. The van der Waals surface area contributed by atoms with E-state index < -0.39 is 15.8 Å². The van der Waals surface area contributed by atoms with Crippen molar-refractivity contribution in [2.45, 2.75) is 4.90 Å². The van der Waals surface area contributed by atoms with Gasteiger partial charge in [0.2, 0.25) is 0 Å². The molecule has 0 saturated carbocycles. The topological polar surface area (TPSA) is 115 Å². The summed E-state index contributed by atoms with van der Waals surface area (Å²) in [5, 5.41) is 12.3. The molecule has 8 nitrogen and oxygen atoms in total. The van der Waals surface area contributed by atoms with E-state index in [0.717, 1.165) is 23.4 Å². The van der Waals surface area contributed by atoms with Gasteiger partial charge in [-0.1, -0.05) is 0 Å². The Bertz CT molecular complexity index is 669. The summed E-state index contributed by atoms with van der Waals surface area (Å²) in [6.07, 6.45) is 4.29. The van der Waals surface area contributed by atoms with Crippen molar-refractivity contribution < 1.29 is 22.7 Å². The van der Waals surface area contributed by atoms with E-state index in [4.69, 9.17) is 9.52 Å². The van der Waals surface area contributed by atoms with E-state index in [9.17, 15) is 13.2 Å². The van der Waals surface area contributed by atoms with Crippen LogP contribution in [-0.2, 0) is 9.84 Å². The normalized spacial score (nSPS) is 11.6. The average molecular weight is 257 g/mol. The maximum atomic E-state index is 11.2. The number of carbonyl (C=O) groups is 1. The van der Waals surface area contributed by atoms with E-state index in [1.54, 1.807) is 0 Å². The lowest BCUT2D eigenvalue weighted by Crippen LogP contribution is -1.99. The summed E-state index contributed by atoms with van der Waals surface area (Å²) >= 11 is 0. The van der Waals surface area contributed by atoms with Gasteiger partial charge >= 0.3 is 12.0 Å². The quantitative estimate of drug-likeness (QED) is 0.820. The predicted octanol–water partition coefficient (Wildman–Crippen LogP) is -0.0380. The van der Waals surface area contributed by atoms with Gasteiger partial charge in [0.05, 0.1) is 12.4 Å². The highest BCUT2D eigenvalue weighted by Gasteiger charge is 2.15. The van der Waals surface area contributed by atoms with Gasteiger partial charge in [-0.25, -0.2) is 13.2 Å². The molecule has 2 aromatic rings. The third-order valence-corrected chi connectivity index (χ3v) is 2.96. The van der Waals surface area contributed by atoms with Crippen LogP contribution in [0.1, 0.15) is 10.5 Å². The van der Waals surface area contributed by atoms with Crippen LogP contribution in [0.2, 0.25) is 0 Å². The lowest BCUT2D eigenvalue weighted by atomic mass is 10.5. The SMILES string of the molecule is CS(=O)(=O)c1cnn(-c2nc(C(=O)O)co2)c1. The predicted molar refractivity (Wildman–Crippen MR) is 53.7 cm³/mol. The van der Waals surface area contributed by atoms with Crippen molar-refractivity contribution >= 4 is 15.8 Å². The fourth-order valence-electron chi connectivity index (χ4n) is 1.07. The molecule has 0 aliphatic rings. The number of carboxylic acid groups (broad SMARTS) is 1. The minimum atomic E-state index is -3.37. The maximum absolute atomic E-state index is 11.2. The molecule has 0 aliphatic carbocycles. The molecule has 0 atom stereocenters. The molecule has 0 radical (unpaired) electrons. The Morgan fingerprint density at radius 2 is 2.24 bits per heavy atom. The van der Waals surface area contributed by atoms with Gasteiger partial charge in [0.1, 0.15) is 11.2 Å². The second-order valence-electron chi connectivity index (χ2n) is 3.21. The zero-order valence-electron chi connectivity index (χ0n) is 8.56. The molecule has 90 valence electrons. The molecule has 0 aromatic carbocycles. The zero-order valence-corrected chi connectivity index (χ0v) is 9.38. The van der Waals surface area contributed by atoms with Crippen molar-refractivity contribution in [3.8, 4) is 6.01 Å². The number of hydrogen-bond donors (Lipinski definition) is 1. The number of aromatic nitrogens is 3. The zero-order chi connectivity index (χ0) is 12.6. The first-order valence-electron chi connectivity index (χ1n) is 4.32. The molecule has 1 N–H and O–H groups in total. The van der Waals surface area contributed by atoms with E-state index in [2.05, 4.69) is 10.1 Å². The second kappa shape index (κ2) is 3.70. The Morgan fingerprint density at radius 3 is 2.71 bits per heavy atom. The van der Waals surface area contributed by atoms with Crippen LogP contribution in [0.5, 0.6) is 0 Å². The molecule has 0 amide bonds. The smallest absolute Gasteiger partial charge is 0.357 e. The van der Waals surface area contributed by atoms with Crippen molar-refractivity contribution in [1.82, 2.24) is 14.8 Å². The summed E-state index contributed by atoms with van der Waals surface area (Å²) in [6, 6.07) is -0.114. The van der Waals surface area contributed by atoms with Crippen LogP contribution in [0.25, 0.3) is 6.01 Å². The van der Waals surface area contributed by atoms with Gasteiger partial charge in [-0.3, -0.25) is 0 Å². The Kier molecular flexibility index (Phi) is 2.46. The molecule has 2 heterocycles. The molecular weight excluding hydrogens is 250 g/mol. The summed E-state index contributed by atoms with van der Waals surface area (Å²) in [5.74, 6) is -1.24. The molecule has 0 bridgehead atoms. The molecule has 0 unspecified atom stereocenters. The maximum Gasteiger partial charge on any atom is 0.357 e. The van der Waals surface area contributed by atoms with Crippen molar-refractivity contribution in [3.63, 3.8) is 0 Å². The Balaban J connectivity index is 2.40. The van der Waals surface area contributed by atoms with Crippen LogP contribution < -0.4 is 0 Å². The van der Waals surface area contributed by atoms with E-state index in [0.29, 0.717) is 0 Å². The summed E-state index contributed by atoms with van der Waals surface area (Å²) < 4.78 is 28.3. The number of nitrogens with zero attached hydrogens (tertiary/aromatic N) is 3. The Morgan fingerprint density at radius 1 is 1.53 bits per heavy atom. The van der Waals surface area contributed by atoms with E-state index in [-0.39, 0.29) is 16.6 Å². The summed E-state index contributed by atoms with van der Waals surface area (Å²) in [4.78, 5) is 14.2. The molecule has 0 aliphatic heterocycles. The fraction of sp³-hybridized carbons (Fsp3) is 0.125. The van der Waals surface area contributed by atoms with Crippen LogP contribution in [-0.4, -0.2) is 40.5 Å². The van der Waals surface area contributed by atoms with Crippen molar-refractivity contribution in [1.29, 1.82) is 0 Å². The molecule has 2 rings (SSSR count). The molecule has 0 saturated heterocycles. The summed E-state index contributed by atoms with van der Waals surface area (Å²) in [7, 11) is -3.37. The van der Waals surface area contributed by atoms with Gasteiger partial charge in [-0.2, -0.15) is 14.8 Å². The third-order valence-electron chi connectivity index (χ3n) is 1.89. The molecular formula is C8H7N3O5S. The number of rotatable bonds is 3. The van der Waals surface area contributed by atoms with Gasteiger partial charge in [0.25, 0.3) is 0 Å². The third kappa shape index (κ3) is 2.18. The number of hydrogen-bond acceptors (Lipinski definition) is 6. The standard InChI is InChI=1S/C8H7N3O5S/c1-17(14,15)5-2-9-11(3-5)8-10-6(4-16-8)7(12)13/h2-4H,1H3,(H,12,13). The van der Waals surface area contributed by atoms with Crippen LogP contribution in [0.15, 0.2) is 28.0 Å². The average Bonchev–Trinajstić information content (AvgIpc) is 2.85. The van der Waals surface area contributed by atoms with Gasteiger partial charge in [0, 0.05) is 6.26 Å². The number of carboxylic acids is 1. The first-order chi connectivity index (χ1) is 7.88. The second-order valence-corrected chi connectivity index (χ2v) is 5.23. The Labute approximate surface area is 95.4 Å². The monoisotopic (exact) mass is 257 g/mol. The molecule has 9 heteroatoms. The first kappa shape index (κ1) is 11.3. The molecule has 0 fully saturated rings. The van der Waals surface area contributed by atoms with Crippen LogP contribution in [0.4, 0.5) is 0 Å². The highest BCUT2D eigenvalue weighted by Crippen LogP contribution is 2.11. The minimum absolute atomic E-state index is 0.00687. The van der Waals surface area contributed by atoms with Crippen LogP contribution in [0, 0.1) is 0 Å². The van der Waals surface area contributed by atoms with E-state index in [1.165, 1.54) is 6.20 Å². The van der Waals surface area contributed by atoms with Gasteiger partial charge < -0.3 is 9.52 Å². The minimum Gasteiger partial charge on any atom is -0.476 e. The summed E-state index contributed by atoms with van der Waals surface area (Å²) in [5.41, 5.74) is -0.281. The first-order valence-corrected chi connectivity index (χ1v) is 6.21. The van der Waals surface area contributed by atoms with Crippen LogP contribution >= 0.6 is 0 Å². The molecule has 2 aromatic heterocycles. The fourth-order valence-corrected chi connectivity index (χ4v) is 1.60. The number of oxazole rings is 1. The summed E-state index contributed by atoms with van der Waals surface area (Å²) in [6.45, 7) is 0. The highest BCUT2D eigenvalue weighted by atomic mass is 32.2. The van der Waals surface area contributed by atoms with Gasteiger partial charge in [-0.15, -0.1) is 0 Å². The van der Waals surface area contributed by atoms with Gasteiger partial charge in [0.15, 0.2) is 15.5 Å². The largest absolute Gasteiger partial charge is 0.476 e. The van der Waals surface area contributed by atoms with Crippen molar-refractivity contribution in [2.24, 2.45) is 0 Å². The molecule has 17 heavy (non-hydrogen) atoms. The van der Waals surface area contributed by atoms with E-state index >= 15 is 0 Å². The van der Waals surface area contributed by atoms with Crippen molar-refractivity contribution in [3.05, 3.63) is 24.4 Å². The van der Waals surface area contributed by atoms with Crippen LogP contribution in [0.3, 0.4) is 0 Å². The van der Waals surface area contributed by atoms with Gasteiger partial charge in [-0.05, 0) is 0 Å². The molecule has 0 spiro atoms. The van der Waals surface area contributed by atoms with E-state index in [1.807, 2.05) is 0 Å².